The predicted octanol–water partition coefficient (Wildman–Crippen LogP) is 3.62. The summed E-state index contributed by atoms with van der Waals surface area (Å²) >= 11 is 0. The lowest BCUT2D eigenvalue weighted by Crippen LogP contribution is -2.26. The van der Waals surface area contributed by atoms with Crippen molar-refractivity contribution in [3.8, 4) is 5.69 Å². The van der Waals surface area contributed by atoms with Crippen LogP contribution in [0.5, 0.6) is 0 Å². The summed E-state index contributed by atoms with van der Waals surface area (Å²) in [5.74, 6) is 0.694. The standard InChI is InChI=1S/C24H25N5O/c1-2-28(16-23-25-20-13-7-6-11-19(20)24(30)26-23)15-21-18-12-8-14-22(18)29(27-21)17-9-4-3-5-10-17/h3-7,9-11,13H,2,8,12,14-16H2,1H3,(H,25,26,30). The van der Waals surface area contributed by atoms with Gasteiger partial charge in [0.05, 0.1) is 28.8 Å². The molecule has 0 saturated carbocycles. The minimum atomic E-state index is -0.0825. The van der Waals surface area contributed by atoms with E-state index in [-0.39, 0.29) is 5.56 Å². The zero-order chi connectivity index (χ0) is 20.5. The Kier molecular flexibility index (Phi) is 4.93. The zero-order valence-corrected chi connectivity index (χ0v) is 17.1. The Labute approximate surface area is 175 Å². The molecule has 5 rings (SSSR count). The molecule has 1 N–H and O–H groups in total. The molecule has 0 bridgehead atoms. The molecule has 30 heavy (non-hydrogen) atoms. The van der Waals surface area contributed by atoms with Crippen molar-refractivity contribution in [1.82, 2.24) is 24.6 Å². The second kappa shape index (κ2) is 7.88. The molecule has 0 radical (unpaired) electrons. The van der Waals surface area contributed by atoms with Crippen LogP contribution in [0.15, 0.2) is 59.4 Å². The van der Waals surface area contributed by atoms with Gasteiger partial charge in [-0.2, -0.15) is 5.10 Å². The van der Waals surface area contributed by atoms with Crippen LogP contribution in [-0.4, -0.2) is 31.2 Å². The lowest BCUT2D eigenvalue weighted by atomic mass is 10.2. The Balaban J connectivity index is 1.43. The van der Waals surface area contributed by atoms with Gasteiger partial charge in [0.25, 0.3) is 5.56 Å². The Morgan fingerprint density at radius 2 is 1.83 bits per heavy atom. The molecule has 0 atom stereocenters. The van der Waals surface area contributed by atoms with Gasteiger partial charge >= 0.3 is 0 Å². The van der Waals surface area contributed by atoms with Gasteiger partial charge in [0.15, 0.2) is 0 Å². The van der Waals surface area contributed by atoms with Gasteiger partial charge in [-0.1, -0.05) is 37.3 Å². The molecule has 0 aliphatic heterocycles. The summed E-state index contributed by atoms with van der Waals surface area (Å²) in [5, 5.41) is 5.61. The summed E-state index contributed by atoms with van der Waals surface area (Å²) in [6, 6.07) is 17.8. The number of aromatic nitrogens is 4. The molecule has 6 heteroatoms. The van der Waals surface area contributed by atoms with Gasteiger partial charge in [-0.25, -0.2) is 9.67 Å². The van der Waals surface area contributed by atoms with E-state index in [2.05, 4.69) is 50.7 Å². The van der Waals surface area contributed by atoms with Crippen molar-refractivity contribution in [3.63, 3.8) is 0 Å². The summed E-state index contributed by atoms with van der Waals surface area (Å²) in [6.45, 7) is 4.32. The number of rotatable bonds is 6. The highest BCUT2D eigenvalue weighted by atomic mass is 16.1. The van der Waals surface area contributed by atoms with Crippen LogP contribution < -0.4 is 5.56 Å². The highest BCUT2D eigenvalue weighted by Crippen LogP contribution is 2.28. The SMILES string of the molecule is CCN(Cc1nc2ccccc2c(=O)[nH]1)Cc1nn(-c2ccccc2)c2c1CCC2. The van der Waals surface area contributed by atoms with Crippen LogP contribution >= 0.6 is 0 Å². The third-order valence-electron chi connectivity index (χ3n) is 5.87. The fourth-order valence-electron chi connectivity index (χ4n) is 4.34. The molecule has 2 heterocycles. The lowest BCUT2D eigenvalue weighted by molar-refractivity contribution is 0.260. The first-order valence-electron chi connectivity index (χ1n) is 10.6. The average molecular weight is 399 g/mol. The highest BCUT2D eigenvalue weighted by molar-refractivity contribution is 5.77. The summed E-state index contributed by atoms with van der Waals surface area (Å²) in [4.78, 5) is 22.3. The normalized spacial score (nSPS) is 13.3. The van der Waals surface area contributed by atoms with Gasteiger partial charge in [-0.05, 0) is 55.6 Å². The number of benzene rings is 2. The Bertz CT molecular complexity index is 1240. The Morgan fingerprint density at radius 1 is 1.03 bits per heavy atom. The van der Waals surface area contributed by atoms with E-state index in [1.165, 1.54) is 17.7 Å². The second-order valence-corrected chi connectivity index (χ2v) is 7.81. The van der Waals surface area contributed by atoms with Gasteiger partial charge in [0.1, 0.15) is 5.82 Å². The summed E-state index contributed by atoms with van der Waals surface area (Å²) < 4.78 is 2.11. The molecule has 2 aromatic heterocycles. The molecule has 0 amide bonds. The quantitative estimate of drug-likeness (QED) is 0.538. The maximum Gasteiger partial charge on any atom is 0.258 e. The van der Waals surface area contributed by atoms with Gasteiger partial charge in [-0.15, -0.1) is 0 Å². The first-order chi connectivity index (χ1) is 14.7. The second-order valence-electron chi connectivity index (χ2n) is 7.81. The number of aromatic amines is 1. The predicted molar refractivity (Wildman–Crippen MR) is 118 cm³/mol. The van der Waals surface area contributed by atoms with Crippen LogP contribution in [0.1, 0.15) is 36.1 Å². The third-order valence-corrected chi connectivity index (χ3v) is 5.87. The summed E-state index contributed by atoms with van der Waals surface area (Å²) in [6.07, 6.45) is 3.34. The molecule has 0 spiro atoms. The Morgan fingerprint density at radius 3 is 2.67 bits per heavy atom. The Hall–Kier alpha value is -3.25. The number of H-pyrrole nitrogens is 1. The number of nitrogens with one attached hydrogen (secondary N) is 1. The summed E-state index contributed by atoms with van der Waals surface area (Å²) in [7, 11) is 0. The van der Waals surface area contributed by atoms with E-state index in [4.69, 9.17) is 5.10 Å². The van der Waals surface area contributed by atoms with E-state index in [9.17, 15) is 4.79 Å². The minimum absolute atomic E-state index is 0.0825. The molecule has 4 aromatic rings. The summed E-state index contributed by atoms with van der Waals surface area (Å²) in [5.41, 5.74) is 5.63. The minimum Gasteiger partial charge on any atom is -0.309 e. The molecule has 0 fully saturated rings. The largest absolute Gasteiger partial charge is 0.309 e. The van der Waals surface area contributed by atoms with E-state index in [1.807, 2.05) is 30.3 Å². The van der Waals surface area contributed by atoms with E-state index >= 15 is 0 Å². The van der Waals surface area contributed by atoms with E-state index in [0.29, 0.717) is 17.8 Å². The van der Waals surface area contributed by atoms with Crippen molar-refractivity contribution >= 4 is 10.9 Å². The number of nitrogens with zero attached hydrogens (tertiary/aromatic N) is 4. The lowest BCUT2D eigenvalue weighted by Gasteiger charge is -2.19. The van der Waals surface area contributed by atoms with Crippen LogP contribution in [0.25, 0.3) is 16.6 Å². The molecule has 1 aliphatic carbocycles. The molecular formula is C24H25N5O. The fourth-order valence-corrected chi connectivity index (χ4v) is 4.34. The van der Waals surface area contributed by atoms with Crippen molar-refractivity contribution in [3.05, 3.63) is 87.7 Å². The van der Waals surface area contributed by atoms with Crippen molar-refractivity contribution in [2.75, 3.05) is 6.54 Å². The molecule has 0 saturated heterocycles. The molecular weight excluding hydrogens is 374 g/mol. The number of hydrogen-bond donors (Lipinski definition) is 1. The van der Waals surface area contributed by atoms with E-state index in [1.54, 1.807) is 0 Å². The molecule has 6 nitrogen and oxygen atoms in total. The highest BCUT2D eigenvalue weighted by Gasteiger charge is 2.24. The van der Waals surface area contributed by atoms with Gasteiger partial charge in [-0.3, -0.25) is 9.69 Å². The van der Waals surface area contributed by atoms with Crippen molar-refractivity contribution in [2.24, 2.45) is 0 Å². The zero-order valence-electron chi connectivity index (χ0n) is 17.1. The molecule has 2 aromatic carbocycles. The molecule has 152 valence electrons. The van der Waals surface area contributed by atoms with Crippen molar-refractivity contribution in [2.45, 2.75) is 39.3 Å². The first-order valence-corrected chi connectivity index (χ1v) is 10.6. The molecule has 1 aliphatic rings. The van der Waals surface area contributed by atoms with Crippen molar-refractivity contribution in [1.29, 1.82) is 0 Å². The fraction of sp³-hybridized carbons (Fsp3) is 0.292. The van der Waals surface area contributed by atoms with Crippen LogP contribution in [0.3, 0.4) is 0 Å². The molecule has 0 unspecified atom stereocenters. The van der Waals surface area contributed by atoms with Crippen LogP contribution in [0.4, 0.5) is 0 Å². The topological polar surface area (TPSA) is 66.8 Å². The van der Waals surface area contributed by atoms with E-state index < -0.39 is 0 Å². The third kappa shape index (κ3) is 3.44. The van der Waals surface area contributed by atoms with Crippen LogP contribution in [0, 0.1) is 0 Å². The number of para-hydroxylation sites is 2. The van der Waals surface area contributed by atoms with Crippen molar-refractivity contribution < 1.29 is 0 Å². The average Bonchev–Trinajstić information content (AvgIpc) is 3.38. The number of fused-ring (bicyclic) bond motifs is 2. The van der Waals surface area contributed by atoms with Crippen LogP contribution in [-0.2, 0) is 25.9 Å². The maximum atomic E-state index is 12.4. The number of hydrogen-bond acceptors (Lipinski definition) is 4. The van der Waals surface area contributed by atoms with Gasteiger partial charge < -0.3 is 4.98 Å². The van der Waals surface area contributed by atoms with Crippen LogP contribution in [0.2, 0.25) is 0 Å². The first kappa shape index (κ1) is 18.8. The van der Waals surface area contributed by atoms with Gasteiger partial charge in [0.2, 0.25) is 0 Å². The van der Waals surface area contributed by atoms with E-state index in [0.717, 1.165) is 42.8 Å². The maximum absolute atomic E-state index is 12.4. The smallest absolute Gasteiger partial charge is 0.258 e. The van der Waals surface area contributed by atoms with Gasteiger partial charge in [0, 0.05) is 12.2 Å². The monoisotopic (exact) mass is 399 g/mol.